The summed E-state index contributed by atoms with van der Waals surface area (Å²) < 4.78 is 43.4. The van der Waals surface area contributed by atoms with Gasteiger partial charge in [-0.2, -0.15) is 18.3 Å². The van der Waals surface area contributed by atoms with Gasteiger partial charge in [0.2, 0.25) is 12.3 Å². The Morgan fingerprint density at radius 3 is 2.33 bits per heavy atom. The van der Waals surface area contributed by atoms with Gasteiger partial charge >= 0.3 is 6.18 Å². The highest BCUT2D eigenvalue weighted by Gasteiger charge is 2.37. The topological polar surface area (TPSA) is 137 Å². The maximum Gasteiger partial charge on any atom is 0.416 e. The van der Waals surface area contributed by atoms with Gasteiger partial charge in [-0.25, -0.2) is 0 Å². The van der Waals surface area contributed by atoms with Gasteiger partial charge in [0.25, 0.3) is 5.91 Å². The summed E-state index contributed by atoms with van der Waals surface area (Å²) in [7, 11) is 1.81. The first-order valence-electron chi connectivity index (χ1n) is 20.0. The standard InChI is InChI=1S/C28H33N3O4.C16H18F3N3O/c1-2-3-26(27(34)29-19-33)31-18-24-16-23(8-9-25(24)28(31)35)22-10-13-30(14-11-22)17-21-6-4-20(5-7-21)12-15-32;1-20-15-9-14(21-22-15)10-2-5-13(8-10)23-12-6-3-11(4-7-12)16(17,18)19/h4-9,15-16,19,22,26H,2-3,10-14,17-18H2,1H3,(H,29,33,34);3-4,6-7,9-10,13H,2,5,8H2,1H3,(H2,20,21,22). The molecule has 0 bridgehead atoms. The van der Waals surface area contributed by atoms with Crippen LogP contribution in [0.15, 0.2) is 72.8 Å². The number of nitrogens with one attached hydrogen (secondary N) is 3. The zero-order valence-corrected chi connectivity index (χ0v) is 32.9. The highest BCUT2D eigenvalue weighted by atomic mass is 19.4. The number of amides is 3. The Morgan fingerprint density at radius 1 is 0.966 bits per heavy atom. The first-order chi connectivity index (χ1) is 28.0. The van der Waals surface area contributed by atoms with Crippen molar-refractivity contribution in [2.75, 3.05) is 25.5 Å². The summed E-state index contributed by atoms with van der Waals surface area (Å²) in [5, 5.41) is 12.3. The third-order valence-electron chi connectivity index (χ3n) is 11.4. The van der Waals surface area contributed by atoms with Crippen LogP contribution in [0.1, 0.15) is 108 Å². The number of likely N-dealkylation sites (tertiary alicyclic amines) is 1. The molecule has 3 aromatic carbocycles. The van der Waals surface area contributed by atoms with E-state index < -0.39 is 23.7 Å². The highest BCUT2D eigenvalue weighted by Crippen LogP contribution is 2.38. The van der Waals surface area contributed by atoms with Crippen molar-refractivity contribution in [2.24, 2.45) is 0 Å². The first-order valence-corrected chi connectivity index (χ1v) is 20.0. The zero-order chi connectivity index (χ0) is 41.2. The molecular formula is C44H51F3N6O5. The summed E-state index contributed by atoms with van der Waals surface area (Å²) in [4.78, 5) is 50.9. The monoisotopic (exact) mass is 800 g/mol. The summed E-state index contributed by atoms with van der Waals surface area (Å²) in [5.74, 6) is 1.50. The van der Waals surface area contributed by atoms with Crippen LogP contribution in [0.3, 0.4) is 0 Å². The second-order valence-corrected chi connectivity index (χ2v) is 15.2. The summed E-state index contributed by atoms with van der Waals surface area (Å²) >= 11 is 0. The normalized spacial score (nSPS) is 18.8. The van der Waals surface area contributed by atoms with E-state index in [-0.39, 0.29) is 12.0 Å². The van der Waals surface area contributed by atoms with Crippen molar-refractivity contribution in [2.45, 2.75) is 102 Å². The van der Waals surface area contributed by atoms with Crippen molar-refractivity contribution < 1.29 is 37.1 Å². The molecule has 1 saturated carbocycles. The van der Waals surface area contributed by atoms with Crippen LogP contribution in [0.4, 0.5) is 19.0 Å². The molecule has 4 aromatic rings. The van der Waals surface area contributed by atoms with E-state index in [9.17, 15) is 32.3 Å². The molecule has 58 heavy (non-hydrogen) atoms. The average molecular weight is 801 g/mol. The van der Waals surface area contributed by atoms with Crippen molar-refractivity contribution in [1.29, 1.82) is 0 Å². The molecule has 11 nitrogen and oxygen atoms in total. The number of aromatic nitrogens is 2. The van der Waals surface area contributed by atoms with Gasteiger partial charge in [0.1, 0.15) is 23.9 Å². The predicted octanol–water partition coefficient (Wildman–Crippen LogP) is 7.39. The van der Waals surface area contributed by atoms with Gasteiger partial charge in [0.05, 0.1) is 11.7 Å². The third-order valence-corrected chi connectivity index (χ3v) is 11.4. The minimum absolute atomic E-state index is 0.0121. The summed E-state index contributed by atoms with van der Waals surface area (Å²) in [6, 6.07) is 20.6. The number of anilines is 1. The molecule has 0 radical (unpaired) electrons. The fourth-order valence-corrected chi connectivity index (χ4v) is 8.20. The molecule has 7 rings (SSSR count). The molecule has 3 N–H and O–H groups in total. The van der Waals surface area contributed by atoms with Crippen LogP contribution >= 0.6 is 0 Å². The number of nitrogens with zero attached hydrogens (tertiary/aromatic N) is 3. The largest absolute Gasteiger partial charge is 0.490 e. The molecule has 0 spiro atoms. The van der Waals surface area contributed by atoms with Gasteiger partial charge in [-0.05, 0) is 110 Å². The molecule has 3 aliphatic rings. The lowest BCUT2D eigenvalue weighted by Crippen LogP contribution is -2.46. The lowest BCUT2D eigenvalue weighted by molar-refractivity contribution is -0.137. The first kappa shape index (κ1) is 42.1. The molecule has 2 aliphatic heterocycles. The number of rotatable bonds is 14. The molecule has 2 fully saturated rings. The van der Waals surface area contributed by atoms with Gasteiger partial charge in [0, 0.05) is 49.8 Å². The number of piperidine rings is 1. The number of hydrogen-bond acceptors (Lipinski definition) is 8. The number of H-pyrrole nitrogens is 1. The Kier molecular flexibility index (Phi) is 14.0. The number of hydrogen-bond donors (Lipinski definition) is 3. The lowest BCUT2D eigenvalue weighted by Gasteiger charge is -2.32. The quantitative estimate of drug-likeness (QED) is 0.112. The van der Waals surface area contributed by atoms with E-state index in [1.165, 1.54) is 23.3 Å². The predicted molar refractivity (Wildman–Crippen MR) is 213 cm³/mol. The van der Waals surface area contributed by atoms with E-state index in [1.807, 2.05) is 38.2 Å². The van der Waals surface area contributed by atoms with Crippen LogP contribution in [0.2, 0.25) is 0 Å². The van der Waals surface area contributed by atoms with E-state index in [0.29, 0.717) is 48.9 Å². The van der Waals surface area contributed by atoms with Crippen molar-refractivity contribution >= 4 is 30.3 Å². The Morgan fingerprint density at radius 2 is 1.69 bits per heavy atom. The van der Waals surface area contributed by atoms with E-state index in [2.05, 4.69) is 50.0 Å². The molecule has 3 atom stereocenters. The van der Waals surface area contributed by atoms with Gasteiger partial charge < -0.3 is 19.7 Å². The summed E-state index contributed by atoms with van der Waals surface area (Å²) in [6.07, 6.45) is 3.50. The lowest BCUT2D eigenvalue weighted by atomic mass is 9.87. The number of ether oxygens (including phenoxy) is 1. The summed E-state index contributed by atoms with van der Waals surface area (Å²) in [5.41, 5.74) is 5.57. The second-order valence-electron chi connectivity index (χ2n) is 15.2. The van der Waals surface area contributed by atoms with Gasteiger partial charge in [-0.15, -0.1) is 0 Å². The molecule has 3 amide bonds. The van der Waals surface area contributed by atoms with Crippen LogP contribution in [-0.2, 0) is 40.1 Å². The number of carbonyl (C=O) groups excluding carboxylic acids is 4. The van der Waals surface area contributed by atoms with E-state index in [0.717, 1.165) is 99.2 Å². The number of carbonyl (C=O) groups is 4. The fourth-order valence-electron chi connectivity index (χ4n) is 8.20. The molecule has 1 saturated heterocycles. The molecule has 1 aliphatic carbocycles. The van der Waals surface area contributed by atoms with Crippen LogP contribution in [-0.4, -0.2) is 76.8 Å². The number of benzene rings is 3. The van der Waals surface area contributed by atoms with Crippen molar-refractivity contribution in [1.82, 2.24) is 25.3 Å². The van der Waals surface area contributed by atoms with Crippen LogP contribution in [0.5, 0.6) is 5.75 Å². The van der Waals surface area contributed by atoms with E-state index in [1.54, 1.807) is 4.90 Å². The van der Waals surface area contributed by atoms with Gasteiger partial charge in [0.15, 0.2) is 0 Å². The van der Waals surface area contributed by atoms with Crippen molar-refractivity contribution in [3.8, 4) is 5.75 Å². The maximum atomic E-state index is 13.0. The molecule has 14 heteroatoms. The second kappa shape index (κ2) is 19.3. The average Bonchev–Trinajstić information content (AvgIpc) is 3.97. The zero-order valence-electron chi connectivity index (χ0n) is 32.9. The Labute approximate surface area is 336 Å². The van der Waals surface area contributed by atoms with Crippen LogP contribution in [0, 0.1) is 0 Å². The molecular weight excluding hydrogens is 750 g/mol. The Balaban J connectivity index is 0.000000213. The number of fused-ring (bicyclic) bond motifs is 1. The molecule has 308 valence electrons. The number of alkyl halides is 3. The van der Waals surface area contributed by atoms with Crippen LogP contribution < -0.4 is 15.4 Å². The SMILES string of the molecule is CCCC(C(=O)NC=O)N1Cc2cc(C3CCN(Cc4ccc(CC=O)cc4)CC3)ccc2C1=O.CNc1cc(C2CCC(Oc3ccc(C(F)(F)F)cc3)C2)[nH]n1. The maximum absolute atomic E-state index is 13.0. The Bertz CT molecular complexity index is 2010. The van der Waals surface area contributed by atoms with Crippen LogP contribution in [0.25, 0.3) is 0 Å². The molecule has 3 unspecified atom stereocenters. The van der Waals surface area contributed by atoms with Crippen molar-refractivity contribution in [3.63, 3.8) is 0 Å². The number of aromatic amines is 1. The minimum Gasteiger partial charge on any atom is -0.490 e. The minimum atomic E-state index is -4.32. The van der Waals surface area contributed by atoms with Gasteiger partial charge in [-0.1, -0.05) is 49.7 Å². The summed E-state index contributed by atoms with van der Waals surface area (Å²) in [6.45, 7) is 5.28. The molecule has 1 aromatic heterocycles. The van der Waals surface area contributed by atoms with E-state index in [4.69, 9.17) is 4.74 Å². The van der Waals surface area contributed by atoms with Crippen molar-refractivity contribution in [3.05, 3.63) is 112 Å². The highest BCUT2D eigenvalue weighted by molar-refractivity contribution is 6.02. The van der Waals surface area contributed by atoms with Gasteiger partial charge in [-0.3, -0.25) is 29.7 Å². The number of aldehydes is 1. The third kappa shape index (κ3) is 10.5. The molecule has 3 heterocycles. The van der Waals surface area contributed by atoms with E-state index >= 15 is 0 Å². The Hall–Kier alpha value is -5.50. The smallest absolute Gasteiger partial charge is 0.416 e. The number of halogens is 3. The fraction of sp³-hybridized carbons (Fsp3) is 0.432. The number of imide groups is 1.